The first-order valence-electron chi connectivity index (χ1n) is 13.5. The largest absolute Gasteiger partial charge is 0.456 e. The van der Waals surface area contributed by atoms with Crippen LogP contribution in [-0.2, 0) is 4.74 Å². The second-order valence-corrected chi connectivity index (χ2v) is 11.0. The molecule has 1 saturated heterocycles. The molecular weight excluding hydrogens is 464 g/mol. The van der Waals surface area contributed by atoms with E-state index in [2.05, 4.69) is 38.4 Å². The lowest BCUT2D eigenvalue weighted by Crippen LogP contribution is -2.46. The van der Waals surface area contributed by atoms with Crippen molar-refractivity contribution in [3.05, 3.63) is 41.6 Å². The molecule has 0 radical (unpaired) electrons. The molecule has 1 aliphatic heterocycles. The Labute approximate surface area is 221 Å². The van der Waals surface area contributed by atoms with Gasteiger partial charge in [-0.05, 0) is 58.4 Å². The Hall–Kier alpha value is -3.31. The van der Waals surface area contributed by atoms with Crippen molar-refractivity contribution in [2.24, 2.45) is 0 Å². The van der Waals surface area contributed by atoms with Gasteiger partial charge in [0.1, 0.15) is 17.5 Å². The predicted molar refractivity (Wildman–Crippen MR) is 149 cm³/mol. The minimum absolute atomic E-state index is 0.362. The molecule has 1 aliphatic carbocycles. The minimum atomic E-state index is -0.610. The number of anilines is 4. The summed E-state index contributed by atoms with van der Waals surface area (Å²) in [6.45, 7) is 12.7. The monoisotopic (exact) mass is 504 g/mol. The topological polar surface area (TPSA) is 93.5 Å². The average Bonchev–Trinajstić information content (AvgIpc) is 2.89. The summed E-state index contributed by atoms with van der Waals surface area (Å²) in [5.74, 6) is 0.199. The van der Waals surface area contributed by atoms with Gasteiger partial charge in [0.2, 0.25) is 0 Å². The van der Waals surface area contributed by atoms with Crippen LogP contribution in [0.3, 0.4) is 0 Å². The number of carbonyl (C=O) groups excluding carboxylic acids is 1. The van der Waals surface area contributed by atoms with Gasteiger partial charge in [0.25, 0.3) is 0 Å². The number of carbonyl (C=O) groups is 1. The molecule has 0 spiro atoms. The van der Waals surface area contributed by atoms with E-state index in [4.69, 9.17) is 4.74 Å². The molecule has 1 aromatic carbocycles. The molecule has 0 atom stereocenters. The summed E-state index contributed by atoms with van der Waals surface area (Å²) in [6, 6.07) is 10.4. The average molecular weight is 505 g/mol. The van der Waals surface area contributed by atoms with E-state index >= 15 is 0 Å². The van der Waals surface area contributed by atoms with Gasteiger partial charge >= 0.3 is 5.97 Å². The van der Waals surface area contributed by atoms with Gasteiger partial charge in [0, 0.05) is 50.2 Å². The normalized spacial score (nSPS) is 17.2. The standard InChI is InChI=1S/C29H40N6O2/c1-5-34-13-15-35(16-14-34)23-11-12-25(24(17-23)28(36)37-29(2,3)4)33-27-18-26(21(19-30)20-31-27)32-22-9-7-6-8-10-22/h11-12,17-18,20,22H,5-10,13-16H2,1-4H3,(H2,31,32,33). The van der Waals surface area contributed by atoms with Gasteiger partial charge in [0.15, 0.2) is 0 Å². The highest BCUT2D eigenvalue weighted by atomic mass is 16.6. The number of nitrogens with one attached hydrogen (secondary N) is 2. The summed E-state index contributed by atoms with van der Waals surface area (Å²) < 4.78 is 5.76. The lowest BCUT2D eigenvalue weighted by molar-refractivity contribution is 0.00707. The van der Waals surface area contributed by atoms with Crippen LogP contribution < -0.4 is 15.5 Å². The van der Waals surface area contributed by atoms with Crippen LogP contribution in [0.1, 0.15) is 75.7 Å². The smallest absolute Gasteiger partial charge is 0.340 e. The number of likely N-dealkylation sites (N-methyl/N-ethyl adjacent to an activating group) is 1. The number of hydrogen-bond acceptors (Lipinski definition) is 8. The van der Waals surface area contributed by atoms with Crippen LogP contribution >= 0.6 is 0 Å². The SMILES string of the molecule is CCN1CCN(c2ccc(Nc3cc(NC4CCCCC4)c(C#N)cn3)c(C(=O)OC(C)(C)C)c2)CC1. The second-order valence-electron chi connectivity index (χ2n) is 11.0. The van der Waals surface area contributed by atoms with Crippen LogP contribution in [0.15, 0.2) is 30.5 Å². The van der Waals surface area contributed by atoms with E-state index in [-0.39, 0.29) is 5.97 Å². The molecule has 2 fully saturated rings. The van der Waals surface area contributed by atoms with Gasteiger partial charge in [-0.2, -0.15) is 5.26 Å². The van der Waals surface area contributed by atoms with Crippen molar-refractivity contribution < 1.29 is 9.53 Å². The number of esters is 1. The van der Waals surface area contributed by atoms with E-state index in [1.165, 1.54) is 19.3 Å². The van der Waals surface area contributed by atoms with Crippen molar-refractivity contribution >= 4 is 28.8 Å². The van der Waals surface area contributed by atoms with Crippen LogP contribution in [-0.4, -0.2) is 60.2 Å². The van der Waals surface area contributed by atoms with Crippen LogP contribution in [0, 0.1) is 11.3 Å². The van der Waals surface area contributed by atoms with Crippen molar-refractivity contribution in [3.8, 4) is 6.07 Å². The second kappa shape index (κ2) is 11.8. The zero-order chi connectivity index (χ0) is 26.4. The quantitative estimate of drug-likeness (QED) is 0.475. The first-order chi connectivity index (χ1) is 17.8. The maximum absolute atomic E-state index is 13.3. The third-order valence-corrected chi connectivity index (χ3v) is 7.06. The third-order valence-electron chi connectivity index (χ3n) is 7.06. The Bertz CT molecular complexity index is 1120. The zero-order valence-corrected chi connectivity index (χ0v) is 22.6. The maximum atomic E-state index is 13.3. The molecule has 1 aromatic heterocycles. The lowest BCUT2D eigenvalue weighted by atomic mass is 9.95. The molecular formula is C29H40N6O2. The van der Waals surface area contributed by atoms with Gasteiger partial charge in [-0.15, -0.1) is 0 Å². The Morgan fingerprint density at radius 2 is 1.84 bits per heavy atom. The summed E-state index contributed by atoms with van der Waals surface area (Å²) in [4.78, 5) is 22.5. The van der Waals surface area contributed by atoms with E-state index in [0.29, 0.717) is 28.7 Å². The highest BCUT2D eigenvalue weighted by Gasteiger charge is 2.24. The van der Waals surface area contributed by atoms with Crippen LogP contribution in [0.4, 0.5) is 22.9 Å². The highest BCUT2D eigenvalue weighted by Crippen LogP contribution is 2.30. The van der Waals surface area contributed by atoms with Crippen molar-refractivity contribution in [2.45, 2.75) is 71.4 Å². The number of nitriles is 1. The van der Waals surface area contributed by atoms with E-state index in [1.54, 1.807) is 6.20 Å². The fourth-order valence-electron chi connectivity index (χ4n) is 5.00. The van der Waals surface area contributed by atoms with Crippen molar-refractivity contribution in [2.75, 3.05) is 48.3 Å². The van der Waals surface area contributed by atoms with Crippen LogP contribution in [0.25, 0.3) is 0 Å². The Kier molecular flexibility index (Phi) is 8.55. The molecule has 0 amide bonds. The fourth-order valence-corrected chi connectivity index (χ4v) is 5.00. The fraction of sp³-hybridized carbons (Fsp3) is 0.552. The molecule has 8 heteroatoms. The molecule has 2 heterocycles. The van der Waals surface area contributed by atoms with Crippen molar-refractivity contribution in [3.63, 3.8) is 0 Å². The number of benzene rings is 1. The van der Waals surface area contributed by atoms with Crippen LogP contribution in [0.2, 0.25) is 0 Å². The van der Waals surface area contributed by atoms with Gasteiger partial charge in [-0.25, -0.2) is 9.78 Å². The molecule has 0 bridgehead atoms. The Morgan fingerprint density at radius 1 is 1.11 bits per heavy atom. The molecule has 2 N–H and O–H groups in total. The van der Waals surface area contributed by atoms with E-state index in [1.807, 2.05) is 45.0 Å². The molecule has 0 unspecified atom stereocenters. The summed E-state index contributed by atoms with van der Waals surface area (Å²) in [6.07, 6.45) is 7.47. The molecule has 37 heavy (non-hydrogen) atoms. The van der Waals surface area contributed by atoms with E-state index in [9.17, 15) is 10.1 Å². The predicted octanol–water partition coefficient (Wildman–Crippen LogP) is 5.54. The molecule has 2 aromatic rings. The number of pyridine rings is 1. The molecule has 1 saturated carbocycles. The first kappa shape index (κ1) is 26.7. The molecule has 4 rings (SSSR count). The summed E-state index contributed by atoms with van der Waals surface area (Å²) >= 11 is 0. The number of nitrogens with zero attached hydrogens (tertiary/aromatic N) is 4. The van der Waals surface area contributed by atoms with Crippen molar-refractivity contribution in [1.29, 1.82) is 5.26 Å². The summed E-state index contributed by atoms with van der Waals surface area (Å²) in [5, 5.41) is 16.5. The summed E-state index contributed by atoms with van der Waals surface area (Å²) in [5.41, 5.74) is 2.79. The van der Waals surface area contributed by atoms with Crippen molar-refractivity contribution in [1.82, 2.24) is 9.88 Å². The number of aromatic nitrogens is 1. The number of rotatable bonds is 7. The lowest BCUT2D eigenvalue weighted by Gasteiger charge is -2.35. The number of hydrogen-bond donors (Lipinski definition) is 2. The van der Waals surface area contributed by atoms with E-state index < -0.39 is 5.60 Å². The van der Waals surface area contributed by atoms with Gasteiger partial charge in [-0.1, -0.05) is 26.2 Å². The Balaban J connectivity index is 1.60. The van der Waals surface area contributed by atoms with Gasteiger partial charge < -0.3 is 25.2 Å². The molecule has 8 nitrogen and oxygen atoms in total. The third kappa shape index (κ3) is 7.14. The first-order valence-corrected chi connectivity index (χ1v) is 13.5. The highest BCUT2D eigenvalue weighted by molar-refractivity contribution is 5.98. The maximum Gasteiger partial charge on any atom is 0.340 e. The molecule has 198 valence electrons. The van der Waals surface area contributed by atoms with Crippen LogP contribution in [0.5, 0.6) is 0 Å². The number of piperazine rings is 1. The zero-order valence-electron chi connectivity index (χ0n) is 22.6. The minimum Gasteiger partial charge on any atom is -0.456 e. The van der Waals surface area contributed by atoms with Gasteiger partial charge in [0.05, 0.1) is 22.5 Å². The Morgan fingerprint density at radius 3 is 2.49 bits per heavy atom. The molecule has 2 aliphatic rings. The van der Waals surface area contributed by atoms with Gasteiger partial charge in [-0.3, -0.25) is 0 Å². The summed E-state index contributed by atoms with van der Waals surface area (Å²) in [7, 11) is 0. The number of ether oxygens (including phenoxy) is 1. The van der Waals surface area contributed by atoms with E-state index in [0.717, 1.165) is 56.9 Å².